The Labute approximate surface area is 162 Å². The van der Waals surface area contributed by atoms with Crippen molar-refractivity contribution in [3.05, 3.63) is 40.3 Å². The molecule has 1 aromatic carbocycles. The number of nitrogens with one attached hydrogen (secondary N) is 1. The van der Waals surface area contributed by atoms with Crippen molar-refractivity contribution >= 4 is 34.4 Å². The van der Waals surface area contributed by atoms with Crippen molar-refractivity contribution in [3.8, 4) is 0 Å². The fourth-order valence-electron chi connectivity index (χ4n) is 2.73. The first-order valence-corrected chi connectivity index (χ1v) is 10.2. The van der Waals surface area contributed by atoms with Crippen LogP contribution in [0.2, 0.25) is 0 Å². The number of ether oxygens (including phenoxy) is 1. The molecule has 8 heteroatoms. The molecule has 0 aliphatic carbocycles. The van der Waals surface area contributed by atoms with E-state index in [1.165, 1.54) is 11.8 Å². The lowest BCUT2D eigenvalue weighted by Gasteiger charge is -2.17. The van der Waals surface area contributed by atoms with Gasteiger partial charge >= 0.3 is 5.97 Å². The van der Waals surface area contributed by atoms with Gasteiger partial charge in [0.15, 0.2) is 5.69 Å². The van der Waals surface area contributed by atoms with Gasteiger partial charge in [0.2, 0.25) is 0 Å². The van der Waals surface area contributed by atoms with Crippen LogP contribution in [0.25, 0.3) is 10.8 Å². The topological polar surface area (TPSA) is 90.3 Å². The van der Waals surface area contributed by atoms with Crippen LogP contribution in [0, 0.1) is 5.92 Å². The van der Waals surface area contributed by atoms with Crippen LogP contribution in [0.15, 0.2) is 29.1 Å². The largest absolute Gasteiger partial charge is 0.467 e. The number of aromatic nitrogens is 2. The van der Waals surface area contributed by atoms with Crippen molar-refractivity contribution in [1.82, 2.24) is 15.1 Å². The second-order valence-corrected chi connectivity index (χ2v) is 7.59. The molecule has 0 bridgehead atoms. The molecule has 1 atom stereocenters. The summed E-state index contributed by atoms with van der Waals surface area (Å²) in [7, 11) is 1.29. The van der Waals surface area contributed by atoms with Crippen LogP contribution in [0.1, 0.15) is 30.8 Å². The van der Waals surface area contributed by atoms with Crippen LogP contribution in [-0.2, 0) is 16.1 Å². The van der Waals surface area contributed by atoms with E-state index in [0.717, 1.165) is 0 Å². The number of fused-ring (bicyclic) bond motifs is 1. The van der Waals surface area contributed by atoms with Crippen molar-refractivity contribution in [3.63, 3.8) is 0 Å². The third kappa shape index (κ3) is 5.09. The van der Waals surface area contributed by atoms with Crippen LogP contribution < -0.4 is 10.9 Å². The Morgan fingerprint density at radius 3 is 2.52 bits per heavy atom. The molecule has 27 heavy (non-hydrogen) atoms. The van der Waals surface area contributed by atoms with Crippen LogP contribution in [-0.4, -0.2) is 46.8 Å². The molecular formula is C19H25N3O4S. The maximum atomic E-state index is 12.9. The Balaban J connectivity index is 2.46. The molecule has 0 aliphatic rings. The van der Waals surface area contributed by atoms with Crippen molar-refractivity contribution in [2.45, 2.75) is 32.9 Å². The highest BCUT2D eigenvalue weighted by Gasteiger charge is 2.24. The van der Waals surface area contributed by atoms with E-state index in [1.807, 2.05) is 20.1 Å². The maximum Gasteiger partial charge on any atom is 0.328 e. The molecular weight excluding hydrogens is 366 g/mol. The van der Waals surface area contributed by atoms with Crippen LogP contribution in [0.4, 0.5) is 0 Å². The second-order valence-electron chi connectivity index (χ2n) is 6.61. The highest BCUT2D eigenvalue weighted by molar-refractivity contribution is 7.98. The normalized spacial score (nSPS) is 12.2. The minimum Gasteiger partial charge on any atom is -0.467 e. The predicted molar refractivity (Wildman–Crippen MR) is 107 cm³/mol. The van der Waals surface area contributed by atoms with E-state index in [9.17, 15) is 14.4 Å². The van der Waals surface area contributed by atoms with E-state index < -0.39 is 17.9 Å². The lowest BCUT2D eigenvalue weighted by atomic mass is 10.1. The van der Waals surface area contributed by atoms with Gasteiger partial charge in [-0.2, -0.15) is 16.9 Å². The Morgan fingerprint density at radius 1 is 1.26 bits per heavy atom. The number of esters is 1. The zero-order chi connectivity index (χ0) is 20.0. The van der Waals surface area contributed by atoms with E-state index in [0.29, 0.717) is 29.5 Å². The highest BCUT2D eigenvalue weighted by Crippen LogP contribution is 2.14. The lowest BCUT2D eigenvalue weighted by molar-refractivity contribution is -0.142. The molecule has 146 valence electrons. The average Bonchev–Trinajstić information content (AvgIpc) is 2.66. The van der Waals surface area contributed by atoms with Crippen LogP contribution >= 0.6 is 11.8 Å². The molecule has 0 radical (unpaired) electrons. The van der Waals surface area contributed by atoms with Crippen molar-refractivity contribution in [2.24, 2.45) is 5.92 Å². The molecule has 7 nitrogen and oxygen atoms in total. The summed E-state index contributed by atoms with van der Waals surface area (Å²) in [4.78, 5) is 37.5. The predicted octanol–water partition coefficient (Wildman–Crippen LogP) is 2.08. The van der Waals surface area contributed by atoms with Gasteiger partial charge in [0.25, 0.3) is 11.5 Å². The summed E-state index contributed by atoms with van der Waals surface area (Å²) in [6.07, 6.45) is 2.37. The Bertz CT molecular complexity index is 879. The number of benzene rings is 1. The third-order valence-electron chi connectivity index (χ3n) is 4.02. The Morgan fingerprint density at radius 2 is 1.93 bits per heavy atom. The number of carbonyl (C=O) groups excluding carboxylic acids is 2. The first kappa shape index (κ1) is 21.0. The van der Waals surface area contributed by atoms with Crippen LogP contribution in [0.3, 0.4) is 0 Å². The zero-order valence-corrected chi connectivity index (χ0v) is 16.8. The van der Waals surface area contributed by atoms with Gasteiger partial charge in [-0.05, 0) is 30.4 Å². The monoisotopic (exact) mass is 391 g/mol. The van der Waals surface area contributed by atoms with Gasteiger partial charge in [-0.15, -0.1) is 0 Å². The number of hydrogen-bond acceptors (Lipinski definition) is 6. The van der Waals surface area contributed by atoms with Crippen molar-refractivity contribution < 1.29 is 14.3 Å². The molecule has 1 amide bonds. The molecule has 0 unspecified atom stereocenters. The molecule has 0 saturated heterocycles. The van der Waals surface area contributed by atoms with E-state index in [2.05, 4.69) is 10.4 Å². The lowest BCUT2D eigenvalue weighted by Crippen LogP contribution is -2.43. The summed E-state index contributed by atoms with van der Waals surface area (Å²) in [5.41, 5.74) is -0.105. The fraction of sp³-hybridized carbons (Fsp3) is 0.474. The van der Waals surface area contributed by atoms with Gasteiger partial charge in [0.05, 0.1) is 12.5 Å². The standard InChI is InChI=1S/C19H25N3O4S/c1-12(2)11-22-18(24)14-8-6-5-7-13(14)16(21-22)17(23)20-15(9-10-27-4)19(25)26-3/h5-8,12,15H,9-11H2,1-4H3,(H,20,23)/t15-/m0/s1. The van der Waals surface area contributed by atoms with Gasteiger partial charge in [0, 0.05) is 11.9 Å². The number of methoxy groups -OCH3 is 1. The van der Waals surface area contributed by atoms with Gasteiger partial charge in [-0.3, -0.25) is 9.59 Å². The molecule has 1 aromatic heterocycles. The summed E-state index contributed by atoms with van der Waals surface area (Å²) in [6.45, 7) is 4.34. The molecule has 1 heterocycles. The van der Waals surface area contributed by atoms with Crippen molar-refractivity contribution in [1.29, 1.82) is 0 Å². The van der Waals surface area contributed by atoms with Crippen LogP contribution in [0.5, 0.6) is 0 Å². The van der Waals surface area contributed by atoms with E-state index >= 15 is 0 Å². The Hall–Kier alpha value is -2.35. The first-order chi connectivity index (χ1) is 12.9. The van der Waals surface area contributed by atoms with Gasteiger partial charge < -0.3 is 10.1 Å². The summed E-state index contributed by atoms with van der Waals surface area (Å²) in [5, 5.41) is 7.89. The quantitative estimate of drug-likeness (QED) is 0.693. The molecule has 1 N–H and O–H groups in total. The number of amides is 1. The molecule has 0 aliphatic heterocycles. The smallest absolute Gasteiger partial charge is 0.328 e. The second kappa shape index (κ2) is 9.55. The van der Waals surface area contributed by atoms with Gasteiger partial charge in [-0.25, -0.2) is 9.48 Å². The molecule has 2 rings (SSSR count). The fourth-order valence-corrected chi connectivity index (χ4v) is 3.20. The summed E-state index contributed by atoms with van der Waals surface area (Å²) in [5.74, 6) is -0.116. The van der Waals surface area contributed by atoms with Gasteiger partial charge in [-0.1, -0.05) is 32.0 Å². The van der Waals surface area contributed by atoms with Crippen molar-refractivity contribution in [2.75, 3.05) is 19.1 Å². The summed E-state index contributed by atoms with van der Waals surface area (Å²) >= 11 is 1.57. The van der Waals surface area contributed by atoms with E-state index in [-0.39, 0.29) is 17.2 Å². The minimum atomic E-state index is -0.763. The first-order valence-electron chi connectivity index (χ1n) is 8.76. The number of nitrogens with zero attached hydrogens (tertiary/aromatic N) is 2. The average molecular weight is 391 g/mol. The molecule has 0 saturated carbocycles. The molecule has 2 aromatic rings. The summed E-state index contributed by atoms with van der Waals surface area (Å²) < 4.78 is 6.11. The number of hydrogen-bond donors (Lipinski definition) is 1. The molecule has 0 spiro atoms. The zero-order valence-electron chi connectivity index (χ0n) is 16.0. The van der Waals surface area contributed by atoms with E-state index in [4.69, 9.17) is 4.74 Å². The van der Waals surface area contributed by atoms with Gasteiger partial charge in [0.1, 0.15) is 6.04 Å². The highest BCUT2D eigenvalue weighted by atomic mass is 32.2. The third-order valence-corrected chi connectivity index (χ3v) is 4.67. The SMILES string of the molecule is COC(=O)[C@H](CCSC)NC(=O)c1nn(CC(C)C)c(=O)c2ccccc12. The Kier molecular flexibility index (Phi) is 7.41. The molecule has 0 fully saturated rings. The summed E-state index contributed by atoms with van der Waals surface area (Å²) in [6, 6.07) is 6.10. The number of thioether (sulfide) groups is 1. The number of carbonyl (C=O) groups is 2. The minimum absolute atomic E-state index is 0.129. The number of rotatable bonds is 8. The maximum absolute atomic E-state index is 12.9. The van der Waals surface area contributed by atoms with E-state index in [1.54, 1.807) is 36.0 Å².